The fourth-order valence-electron chi connectivity index (χ4n) is 1.41. The second-order valence-electron chi connectivity index (χ2n) is 3.30. The summed E-state index contributed by atoms with van der Waals surface area (Å²) in [6, 6.07) is 7.65. The number of nitrogens with zero attached hydrogens (tertiary/aromatic N) is 2. The predicted octanol–water partition coefficient (Wildman–Crippen LogP) is 0.788. The normalized spacial score (nSPS) is 10.1. The highest BCUT2D eigenvalue weighted by Crippen LogP contribution is 2.19. The molecule has 0 radical (unpaired) electrons. The maximum atomic E-state index is 11.1. The van der Waals surface area contributed by atoms with Gasteiger partial charge in [-0.25, -0.2) is 0 Å². The Labute approximate surface area is 92.9 Å². The van der Waals surface area contributed by atoms with Gasteiger partial charge in [0.15, 0.2) is 0 Å². The van der Waals surface area contributed by atoms with Crippen molar-refractivity contribution >= 4 is 22.5 Å². The van der Waals surface area contributed by atoms with Crippen LogP contribution in [0.2, 0.25) is 0 Å². The highest BCUT2D eigenvalue weighted by molar-refractivity contribution is 5.92. The number of hydrogen-bond donors (Lipinski definition) is 2. The summed E-state index contributed by atoms with van der Waals surface area (Å²) in [6.45, 7) is 0.228. The van der Waals surface area contributed by atoms with Crippen molar-refractivity contribution in [1.82, 2.24) is 15.5 Å². The van der Waals surface area contributed by atoms with E-state index in [-0.39, 0.29) is 12.5 Å². The molecule has 0 aliphatic rings. The van der Waals surface area contributed by atoms with E-state index in [0.717, 1.165) is 16.6 Å². The molecule has 0 aliphatic carbocycles. The average Bonchev–Trinajstić information content (AvgIpc) is 2.35. The molecule has 2 N–H and O–H groups in total. The van der Waals surface area contributed by atoms with Crippen LogP contribution in [-0.2, 0) is 4.79 Å². The third-order valence-electron chi connectivity index (χ3n) is 2.26. The van der Waals surface area contributed by atoms with Gasteiger partial charge in [0.05, 0.1) is 23.9 Å². The summed E-state index contributed by atoms with van der Waals surface area (Å²) < 4.78 is 0. The van der Waals surface area contributed by atoms with Gasteiger partial charge in [-0.05, 0) is 6.07 Å². The Morgan fingerprint density at radius 1 is 1.38 bits per heavy atom. The van der Waals surface area contributed by atoms with Crippen molar-refractivity contribution in [2.24, 2.45) is 0 Å². The fourth-order valence-corrected chi connectivity index (χ4v) is 1.41. The molecule has 0 saturated carbocycles. The largest absolute Gasteiger partial charge is 0.374 e. The first-order valence-corrected chi connectivity index (χ1v) is 4.96. The molecule has 82 valence electrons. The molecule has 0 fully saturated rings. The zero-order chi connectivity index (χ0) is 11.4. The standard InChI is InChI=1S/C11H12N4O/c1-12-11(16)7-13-10-6-14-15-9-5-3-2-4-8(9)10/h2-6H,7H2,1H3,(H,12,16)(H,13,15). The zero-order valence-corrected chi connectivity index (χ0v) is 8.90. The molecule has 0 spiro atoms. The minimum Gasteiger partial charge on any atom is -0.374 e. The Morgan fingerprint density at radius 2 is 2.19 bits per heavy atom. The van der Waals surface area contributed by atoms with Gasteiger partial charge < -0.3 is 10.6 Å². The molecule has 5 nitrogen and oxygen atoms in total. The average molecular weight is 216 g/mol. The van der Waals surface area contributed by atoms with Crippen LogP contribution >= 0.6 is 0 Å². The smallest absolute Gasteiger partial charge is 0.239 e. The molecule has 1 aromatic carbocycles. The number of carbonyl (C=O) groups excluding carboxylic acids is 1. The lowest BCUT2D eigenvalue weighted by Gasteiger charge is -2.07. The Balaban J connectivity index is 2.27. The van der Waals surface area contributed by atoms with Crippen LogP contribution in [0.15, 0.2) is 30.5 Å². The quantitative estimate of drug-likeness (QED) is 0.796. The summed E-state index contributed by atoms with van der Waals surface area (Å²) in [5.74, 6) is -0.0686. The monoisotopic (exact) mass is 216 g/mol. The fraction of sp³-hybridized carbons (Fsp3) is 0.182. The molecule has 2 rings (SSSR count). The Bertz CT molecular complexity index is 507. The van der Waals surface area contributed by atoms with E-state index in [1.165, 1.54) is 0 Å². The van der Waals surface area contributed by atoms with E-state index in [2.05, 4.69) is 20.8 Å². The minimum atomic E-state index is -0.0686. The van der Waals surface area contributed by atoms with Crippen molar-refractivity contribution in [3.63, 3.8) is 0 Å². The van der Waals surface area contributed by atoms with Gasteiger partial charge in [-0.15, -0.1) is 0 Å². The van der Waals surface area contributed by atoms with Crippen LogP contribution in [0.3, 0.4) is 0 Å². The second kappa shape index (κ2) is 4.57. The third-order valence-corrected chi connectivity index (χ3v) is 2.26. The van der Waals surface area contributed by atoms with Crippen LogP contribution in [0.25, 0.3) is 10.9 Å². The van der Waals surface area contributed by atoms with E-state index in [4.69, 9.17) is 0 Å². The third kappa shape index (κ3) is 2.08. The number of nitrogens with one attached hydrogen (secondary N) is 2. The zero-order valence-electron chi connectivity index (χ0n) is 8.90. The maximum absolute atomic E-state index is 11.1. The van der Waals surface area contributed by atoms with Crippen molar-refractivity contribution in [2.45, 2.75) is 0 Å². The molecule has 2 aromatic rings. The summed E-state index contributed by atoms with van der Waals surface area (Å²) in [5, 5.41) is 14.4. The summed E-state index contributed by atoms with van der Waals surface area (Å²) in [7, 11) is 1.60. The van der Waals surface area contributed by atoms with Crippen LogP contribution < -0.4 is 10.6 Å². The van der Waals surface area contributed by atoms with Gasteiger partial charge in [-0.2, -0.15) is 10.2 Å². The Morgan fingerprint density at radius 3 is 3.00 bits per heavy atom. The molecule has 0 aliphatic heterocycles. The lowest BCUT2D eigenvalue weighted by molar-refractivity contribution is -0.118. The van der Waals surface area contributed by atoms with Gasteiger partial charge in [-0.3, -0.25) is 4.79 Å². The van der Waals surface area contributed by atoms with Crippen molar-refractivity contribution in [3.05, 3.63) is 30.5 Å². The van der Waals surface area contributed by atoms with E-state index < -0.39 is 0 Å². The van der Waals surface area contributed by atoms with Gasteiger partial charge >= 0.3 is 0 Å². The van der Waals surface area contributed by atoms with Gasteiger partial charge in [-0.1, -0.05) is 18.2 Å². The first-order chi connectivity index (χ1) is 7.81. The highest BCUT2D eigenvalue weighted by Gasteiger charge is 2.03. The van der Waals surface area contributed by atoms with E-state index in [1.54, 1.807) is 13.2 Å². The number of amides is 1. The molecule has 1 amide bonds. The molecule has 1 aromatic heterocycles. The molecule has 1 heterocycles. The number of hydrogen-bond acceptors (Lipinski definition) is 4. The lowest BCUT2D eigenvalue weighted by atomic mass is 10.2. The topological polar surface area (TPSA) is 66.9 Å². The van der Waals surface area contributed by atoms with Gasteiger partial charge in [0.1, 0.15) is 0 Å². The minimum absolute atomic E-state index is 0.0686. The van der Waals surface area contributed by atoms with Gasteiger partial charge in [0.2, 0.25) is 5.91 Å². The number of benzene rings is 1. The van der Waals surface area contributed by atoms with Crippen LogP contribution in [0.1, 0.15) is 0 Å². The van der Waals surface area contributed by atoms with Crippen LogP contribution in [-0.4, -0.2) is 29.7 Å². The number of likely N-dealkylation sites (N-methyl/N-ethyl adjacent to an activating group) is 1. The molecule has 0 bridgehead atoms. The van der Waals surface area contributed by atoms with Crippen molar-refractivity contribution < 1.29 is 4.79 Å². The van der Waals surface area contributed by atoms with E-state index >= 15 is 0 Å². The van der Waals surface area contributed by atoms with Gasteiger partial charge in [0, 0.05) is 12.4 Å². The van der Waals surface area contributed by atoms with Crippen LogP contribution in [0, 0.1) is 0 Å². The molecular formula is C11H12N4O. The Hall–Kier alpha value is -2.17. The number of aromatic nitrogens is 2. The maximum Gasteiger partial charge on any atom is 0.239 e. The number of carbonyl (C=O) groups is 1. The first kappa shape index (κ1) is 10.4. The highest BCUT2D eigenvalue weighted by atomic mass is 16.1. The van der Waals surface area contributed by atoms with Crippen LogP contribution in [0.5, 0.6) is 0 Å². The summed E-state index contributed by atoms with van der Waals surface area (Å²) in [6.07, 6.45) is 1.62. The van der Waals surface area contributed by atoms with Crippen LogP contribution in [0.4, 0.5) is 5.69 Å². The molecule has 0 unspecified atom stereocenters. The molecular weight excluding hydrogens is 204 g/mol. The van der Waals surface area contributed by atoms with Gasteiger partial charge in [0.25, 0.3) is 0 Å². The molecule has 5 heteroatoms. The van der Waals surface area contributed by atoms with Crippen molar-refractivity contribution in [2.75, 3.05) is 18.9 Å². The van der Waals surface area contributed by atoms with E-state index in [9.17, 15) is 4.79 Å². The number of anilines is 1. The van der Waals surface area contributed by atoms with E-state index in [0.29, 0.717) is 0 Å². The summed E-state index contributed by atoms with van der Waals surface area (Å²) in [4.78, 5) is 11.1. The lowest BCUT2D eigenvalue weighted by Crippen LogP contribution is -2.26. The van der Waals surface area contributed by atoms with E-state index in [1.807, 2.05) is 24.3 Å². The number of rotatable bonds is 3. The summed E-state index contributed by atoms with van der Waals surface area (Å²) in [5.41, 5.74) is 1.62. The predicted molar refractivity (Wildman–Crippen MR) is 62.1 cm³/mol. The molecule has 0 saturated heterocycles. The second-order valence-corrected chi connectivity index (χ2v) is 3.30. The first-order valence-electron chi connectivity index (χ1n) is 4.96. The number of fused-ring (bicyclic) bond motifs is 1. The van der Waals surface area contributed by atoms with Crippen molar-refractivity contribution in [1.29, 1.82) is 0 Å². The molecule has 16 heavy (non-hydrogen) atoms. The Kier molecular flexibility index (Phi) is 2.95. The summed E-state index contributed by atoms with van der Waals surface area (Å²) >= 11 is 0. The van der Waals surface area contributed by atoms with Crippen molar-refractivity contribution in [3.8, 4) is 0 Å². The molecule has 0 atom stereocenters. The SMILES string of the molecule is CNC(=O)CNc1cnnc2ccccc12.